The fourth-order valence-corrected chi connectivity index (χ4v) is 2.91. The Balaban J connectivity index is 2.02. The van der Waals surface area contributed by atoms with E-state index in [0.717, 1.165) is 6.54 Å². The lowest BCUT2D eigenvalue weighted by molar-refractivity contribution is 0.0761. The molecule has 1 fully saturated rings. The van der Waals surface area contributed by atoms with E-state index in [1.807, 2.05) is 7.05 Å². The summed E-state index contributed by atoms with van der Waals surface area (Å²) in [5, 5.41) is 0. The van der Waals surface area contributed by atoms with Crippen molar-refractivity contribution in [1.29, 1.82) is 0 Å². The van der Waals surface area contributed by atoms with Gasteiger partial charge in [0, 0.05) is 25.3 Å². The Hall–Kier alpha value is -1.71. The van der Waals surface area contributed by atoms with Crippen LogP contribution in [0.4, 0.5) is 5.69 Å². The topological polar surface area (TPSA) is 55.6 Å². The molecule has 1 aliphatic carbocycles. The number of nitrogens with zero attached hydrogens (tertiary/aromatic N) is 1. The van der Waals surface area contributed by atoms with Gasteiger partial charge in [0.2, 0.25) is 0 Å². The number of rotatable bonds is 4. The molecule has 0 aliphatic heterocycles. The number of nitrogen functional groups attached to an aromatic ring is 1. The third-order valence-corrected chi connectivity index (χ3v) is 4.09. The molecule has 0 radical (unpaired) electrons. The van der Waals surface area contributed by atoms with Gasteiger partial charge in [-0.2, -0.15) is 0 Å². The van der Waals surface area contributed by atoms with Crippen molar-refractivity contribution in [2.24, 2.45) is 5.92 Å². The van der Waals surface area contributed by atoms with Crippen molar-refractivity contribution in [2.45, 2.75) is 32.1 Å². The van der Waals surface area contributed by atoms with Crippen LogP contribution in [0.15, 0.2) is 18.2 Å². The minimum Gasteiger partial charge on any atom is -0.497 e. The molecule has 1 aromatic carbocycles. The van der Waals surface area contributed by atoms with Crippen LogP contribution in [0.25, 0.3) is 0 Å². The van der Waals surface area contributed by atoms with Gasteiger partial charge in [0.25, 0.3) is 5.91 Å². The van der Waals surface area contributed by atoms with E-state index in [2.05, 4.69) is 0 Å². The molecule has 2 N–H and O–H groups in total. The standard InChI is InChI=1S/C16H24N2O2/c1-18(11-12-6-4-3-5-7-12)16(19)14-9-8-13(20-2)10-15(14)17/h8-10,12H,3-7,11,17H2,1-2H3. The molecule has 4 heteroatoms. The van der Waals surface area contributed by atoms with E-state index >= 15 is 0 Å². The Kier molecular flexibility index (Phi) is 4.88. The van der Waals surface area contributed by atoms with Crippen molar-refractivity contribution in [2.75, 3.05) is 26.4 Å². The second-order valence-electron chi connectivity index (χ2n) is 5.64. The molecule has 0 saturated heterocycles. The first kappa shape index (κ1) is 14.7. The SMILES string of the molecule is COc1ccc(C(=O)N(C)CC2CCCCC2)c(N)c1. The molecule has 20 heavy (non-hydrogen) atoms. The third-order valence-electron chi connectivity index (χ3n) is 4.09. The smallest absolute Gasteiger partial charge is 0.255 e. The fraction of sp³-hybridized carbons (Fsp3) is 0.562. The lowest BCUT2D eigenvalue weighted by atomic mass is 9.89. The van der Waals surface area contributed by atoms with E-state index < -0.39 is 0 Å². The molecule has 1 aromatic rings. The molecular weight excluding hydrogens is 252 g/mol. The zero-order valence-corrected chi connectivity index (χ0v) is 12.4. The van der Waals surface area contributed by atoms with E-state index in [9.17, 15) is 4.79 Å². The summed E-state index contributed by atoms with van der Waals surface area (Å²) in [5.41, 5.74) is 6.98. The molecule has 0 atom stereocenters. The summed E-state index contributed by atoms with van der Waals surface area (Å²) < 4.78 is 5.11. The molecule has 0 unspecified atom stereocenters. The molecule has 0 aromatic heterocycles. The first-order chi connectivity index (χ1) is 9.61. The molecule has 1 amide bonds. The summed E-state index contributed by atoms with van der Waals surface area (Å²) in [5.74, 6) is 1.31. The van der Waals surface area contributed by atoms with Gasteiger partial charge in [-0.25, -0.2) is 0 Å². The summed E-state index contributed by atoms with van der Waals surface area (Å²) in [6, 6.07) is 5.22. The summed E-state index contributed by atoms with van der Waals surface area (Å²) in [6.07, 6.45) is 6.37. The van der Waals surface area contributed by atoms with Crippen molar-refractivity contribution in [3.8, 4) is 5.75 Å². The number of benzene rings is 1. The number of methoxy groups -OCH3 is 1. The van der Waals surface area contributed by atoms with Gasteiger partial charge in [0.15, 0.2) is 0 Å². The minimum atomic E-state index is -0.00396. The van der Waals surface area contributed by atoms with Crippen LogP contribution < -0.4 is 10.5 Å². The minimum absolute atomic E-state index is 0.00396. The second-order valence-corrected chi connectivity index (χ2v) is 5.64. The molecule has 2 rings (SSSR count). The van der Waals surface area contributed by atoms with Gasteiger partial charge >= 0.3 is 0 Å². The molecule has 1 aliphatic rings. The molecule has 0 spiro atoms. The largest absolute Gasteiger partial charge is 0.497 e. The molecular formula is C16H24N2O2. The number of amides is 1. The maximum Gasteiger partial charge on any atom is 0.255 e. The van der Waals surface area contributed by atoms with Crippen LogP contribution in [0.5, 0.6) is 5.75 Å². The van der Waals surface area contributed by atoms with Gasteiger partial charge in [-0.05, 0) is 30.9 Å². The van der Waals surface area contributed by atoms with Crippen molar-refractivity contribution >= 4 is 11.6 Å². The quantitative estimate of drug-likeness (QED) is 0.860. The van der Waals surface area contributed by atoms with E-state index in [0.29, 0.717) is 22.9 Å². The van der Waals surface area contributed by atoms with E-state index in [1.165, 1.54) is 32.1 Å². The predicted molar refractivity (Wildman–Crippen MR) is 80.9 cm³/mol. The fourth-order valence-electron chi connectivity index (χ4n) is 2.91. The predicted octanol–water partition coefficient (Wildman–Crippen LogP) is 2.93. The molecule has 1 saturated carbocycles. The molecule has 0 heterocycles. The van der Waals surface area contributed by atoms with Gasteiger partial charge in [0.1, 0.15) is 5.75 Å². The van der Waals surface area contributed by atoms with Crippen LogP contribution >= 0.6 is 0 Å². The van der Waals surface area contributed by atoms with Gasteiger partial charge in [-0.1, -0.05) is 19.3 Å². The highest BCUT2D eigenvalue weighted by atomic mass is 16.5. The highest BCUT2D eigenvalue weighted by Gasteiger charge is 2.20. The number of anilines is 1. The number of hydrogen-bond donors (Lipinski definition) is 1. The summed E-state index contributed by atoms with van der Waals surface area (Å²) in [6.45, 7) is 0.824. The molecule has 110 valence electrons. The zero-order valence-electron chi connectivity index (χ0n) is 12.4. The zero-order chi connectivity index (χ0) is 14.5. The number of hydrogen-bond acceptors (Lipinski definition) is 3. The number of ether oxygens (including phenoxy) is 1. The maximum absolute atomic E-state index is 12.4. The highest BCUT2D eigenvalue weighted by molar-refractivity contribution is 5.99. The van der Waals surface area contributed by atoms with Crippen molar-refractivity contribution in [1.82, 2.24) is 4.90 Å². The van der Waals surface area contributed by atoms with Crippen LogP contribution in [0, 0.1) is 5.92 Å². The van der Waals surface area contributed by atoms with Crippen LogP contribution in [0.3, 0.4) is 0 Å². The van der Waals surface area contributed by atoms with Crippen LogP contribution in [-0.2, 0) is 0 Å². The number of carbonyl (C=O) groups is 1. The first-order valence-corrected chi connectivity index (χ1v) is 7.30. The van der Waals surface area contributed by atoms with Crippen LogP contribution in [0.1, 0.15) is 42.5 Å². The Labute approximate surface area is 120 Å². The number of nitrogens with two attached hydrogens (primary N) is 1. The second kappa shape index (κ2) is 6.64. The van der Waals surface area contributed by atoms with E-state index in [4.69, 9.17) is 10.5 Å². The average molecular weight is 276 g/mol. The van der Waals surface area contributed by atoms with E-state index in [1.54, 1.807) is 30.2 Å². The summed E-state index contributed by atoms with van der Waals surface area (Å²) in [7, 11) is 3.45. The number of carbonyl (C=O) groups excluding carboxylic acids is 1. The van der Waals surface area contributed by atoms with Crippen molar-refractivity contribution in [3.05, 3.63) is 23.8 Å². The molecule has 0 bridgehead atoms. The van der Waals surface area contributed by atoms with Gasteiger partial charge in [-0.3, -0.25) is 4.79 Å². The maximum atomic E-state index is 12.4. The Morgan fingerprint density at radius 3 is 2.65 bits per heavy atom. The first-order valence-electron chi connectivity index (χ1n) is 7.30. The third kappa shape index (κ3) is 3.44. The molecule has 4 nitrogen and oxygen atoms in total. The Morgan fingerprint density at radius 1 is 1.35 bits per heavy atom. The van der Waals surface area contributed by atoms with Gasteiger partial charge in [0.05, 0.1) is 12.7 Å². The highest BCUT2D eigenvalue weighted by Crippen LogP contribution is 2.25. The lowest BCUT2D eigenvalue weighted by Crippen LogP contribution is -2.33. The summed E-state index contributed by atoms with van der Waals surface area (Å²) >= 11 is 0. The van der Waals surface area contributed by atoms with Gasteiger partial charge < -0.3 is 15.4 Å². The van der Waals surface area contributed by atoms with Gasteiger partial charge in [-0.15, -0.1) is 0 Å². The average Bonchev–Trinajstić information content (AvgIpc) is 2.47. The summed E-state index contributed by atoms with van der Waals surface area (Å²) in [4.78, 5) is 14.2. The Bertz CT molecular complexity index is 468. The Morgan fingerprint density at radius 2 is 2.05 bits per heavy atom. The monoisotopic (exact) mass is 276 g/mol. The van der Waals surface area contributed by atoms with E-state index in [-0.39, 0.29) is 5.91 Å². The van der Waals surface area contributed by atoms with Crippen molar-refractivity contribution in [3.63, 3.8) is 0 Å². The van der Waals surface area contributed by atoms with Crippen LogP contribution in [-0.4, -0.2) is 31.5 Å². The van der Waals surface area contributed by atoms with Crippen molar-refractivity contribution < 1.29 is 9.53 Å². The normalized spacial score (nSPS) is 15.9. The lowest BCUT2D eigenvalue weighted by Gasteiger charge is -2.27. The van der Waals surface area contributed by atoms with Crippen LogP contribution in [0.2, 0.25) is 0 Å².